The number of aliphatic imine (C=N–C) groups is 1. The Hall–Kier alpha value is -2.12. The van der Waals surface area contributed by atoms with Gasteiger partial charge in [-0.05, 0) is 42.1 Å². The Bertz CT molecular complexity index is 796. The highest BCUT2D eigenvalue weighted by Crippen LogP contribution is 2.39. The minimum atomic E-state index is -0.841. The van der Waals surface area contributed by atoms with Crippen molar-refractivity contribution in [2.75, 3.05) is 25.6 Å². The minimum Gasteiger partial charge on any atom is -0.383 e. The van der Waals surface area contributed by atoms with Crippen LogP contribution in [0.25, 0.3) is 11.1 Å². The summed E-state index contributed by atoms with van der Waals surface area (Å²) in [4.78, 5) is 5.34. The zero-order valence-corrected chi connectivity index (χ0v) is 14.1. The van der Waals surface area contributed by atoms with Crippen LogP contribution in [0.5, 0.6) is 0 Å². The van der Waals surface area contributed by atoms with Crippen LogP contribution in [0.2, 0.25) is 0 Å². The van der Waals surface area contributed by atoms with Gasteiger partial charge in [-0.25, -0.2) is 13.8 Å². The molecule has 0 spiro atoms. The lowest BCUT2D eigenvalue weighted by Gasteiger charge is -2.23. The molecule has 4 nitrogen and oxygen atoms in total. The van der Waals surface area contributed by atoms with Crippen molar-refractivity contribution in [3.8, 4) is 11.1 Å². The molecule has 0 saturated heterocycles. The van der Waals surface area contributed by atoms with Gasteiger partial charge in [0.25, 0.3) is 0 Å². The van der Waals surface area contributed by atoms with Gasteiger partial charge >= 0.3 is 0 Å². The van der Waals surface area contributed by atoms with E-state index in [1.165, 1.54) is 11.9 Å². The van der Waals surface area contributed by atoms with Gasteiger partial charge in [0.15, 0.2) is 11.6 Å². The molecule has 24 heavy (non-hydrogen) atoms. The summed E-state index contributed by atoms with van der Waals surface area (Å²) >= 11 is 1.42. The van der Waals surface area contributed by atoms with E-state index in [-0.39, 0.29) is 5.56 Å². The molecule has 126 valence electrons. The molecule has 0 unspecified atom stereocenters. The van der Waals surface area contributed by atoms with Gasteiger partial charge in [0, 0.05) is 12.7 Å². The maximum atomic E-state index is 13.9. The summed E-state index contributed by atoms with van der Waals surface area (Å²) in [7, 11) is 1.62. The van der Waals surface area contributed by atoms with Crippen molar-refractivity contribution in [1.82, 2.24) is 4.72 Å². The molecule has 0 saturated carbocycles. The van der Waals surface area contributed by atoms with Crippen LogP contribution in [0.4, 0.5) is 14.5 Å². The average Bonchev–Trinajstić information content (AvgIpc) is 2.60. The molecule has 0 aliphatic carbocycles. The second kappa shape index (κ2) is 7.19. The standard InChI is InChI=1S/C17H17F2N3OS/c1-10-11(6-7-13(18)15(10)19)12-4-3-5-14-16(12)21-17(22-24-14)20-8-9-23-2/h3-7H,8-9H2,1-2H3,(H2,20,21,22). The predicted octanol–water partition coefficient (Wildman–Crippen LogP) is 3.96. The number of ether oxygens (including phenoxy) is 1. The fourth-order valence-corrected chi connectivity index (χ4v) is 3.21. The molecule has 0 aromatic heterocycles. The third-order valence-electron chi connectivity index (χ3n) is 3.72. The number of anilines is 1. The number of benzene rings is 2. The van der Waals surface area contributed by atoms with Gasteiger partial charge < -0.3 is 10.1 Å². The summed E-state index contributed by atoms with van der Waals surface area (Å²) in [5, 5.41) is 3.23. The summed E-state index contributed by atoms with van der Waals surface area (Å²) in [5.74, 6) is -1.05. The zero-order valence-electron chi connectivity index (χ0n) is 13.3. The highest BCUT2D eigenvalue weighted by Gasteiger charge is 2.20. The van der Waals surface area contributed by atoms with Crippen molar-refractivity contribution in [3.05, 3.63) is 47.5 Å². The van der Waals surface area contributed by atoms with Gasteiger partial charge in [-0.1, -0.05) is 18.2 Å². The Morgan fingerprint density at radius 1 is 1.17 bits per heavy atom. The van der Waals surface area contributed by atoms with Crippen molar-refractivity contribution in [2.24, 2.45) is 4.99 Å². The number of hydrogen-bond acceptors (Lipinski definition) is 3. The number of rotatable bonds is 4. The van der Waals surface area contributed by atoms with E-state index in [4.69, 9.17) is 4.74 Å². The average molecular weight is 349 g/mol. The topological polar surface area (TPSA) is 45.6 Å². The Labute approximate surface area is 143 Å². The normalized spacial score (nSPS) is 14.9. The van der Waals surface area contributed by atoms with Gasteiger partial charge in [0.05, 0.1) is 23.7 Å². The minimum absolute atomic E-state index is 0.284. The van der Waals surface area contributed by atoms with Crippen molar-refractivity contribution in [2.45, 2.75) is 11.8 Å². The van der Waals surface area contributed by atoms with E-state index in [1.807, 2.05) is 18.2 Å². The second-order valence-electron chi connectivity index (χ2n) is 5.26. The molecule has 1 heterocycles. The molecular formula is C17H17F2N3OS. The fourth-order valence-electron chi connectivity index (χ4n) is 2.48. The SMILES string of the molecule is COCCN=C1NSc2cccc(-c3ccc(F)c(F)c3C)c2N1. The van der Waals surface area contributed by atoms with Gasteiger partial charge in [-0.3, -0.25) is 4.72 Å². The van der Waals surface area contributed by atoms with E-state index in [1.54, 1.807) is 20.1 Å². The summed E-state index contributed by atoms with van der Waals surface area (Å²) in [6.07, 6.45) is 0. The maximum Gasteiger partial charge on any atom is 0.206 e. The Kier molecular flexibility index (Phi) is 5.01. The Balaban J connectivity index is 2.01. The van der Waals surface area contributed by atoms with Gasteiger partial charge in [0.2, 0.25) is 5.96 Å². The summed E-state index contributed by atoms with van der Waals surface area (Å²) in [6, 6.07) is 8.46. The van der Waals surface area contributed by atoms with Crippen LogP contribution in [-0.2, 0) is 4.74 Å². The molecule has 0 fully saturated rings. The lowest BCUT2D eigenvalue weighted by atomic mass is 9.98. The van der Waals surface area contributed by atoms with Crippen LogP contribution in [-0.4, -0.2) is 26.2 Å². The molecular weight excluding hydrogens is 332 g/mol. The first-order chi connectivity index (χ1) is 11.6. The smallest absolute Gasteiger partial charge is 0.206 e. The number of nitrogens with zero attached hydrogens (tertiary/aromatic N) is 1. The van der Waals surface area contributed by atoms with Crippen LogP contribution in [0, 0.1) is 18.6 Å². The molecule has 0 atom stereocenters. The molecule has 3 rings (SSSR count). The van der Waals surface area contributed by atoms with Gasteiger partial charge in [0.1, 0.15) is 0 Å². The molecule has 2 N–H and O–H groups in total. The van der Waals surface area contributed by atoms with E-state index in [9.17, 15) is 8.78 Å². The van der Waals surface area contributed by atoms with Crippen molar-refractivity contribution < 1.29 is 13.5 Å². The third kappa shape index (κ3) is 3.22. The summed E-state index contributed by atoms with van der Waals surface area (Å²) in [6.45, 7) is 2.62. The number of hydrogen-bond donors (Lipinski definition) is 2. The van der Waals surface area contributed by atoms with Gasteiger partial charge in [-0.2, -0.15) is 0 Å². The first-order valence-electron chi connectivity index (χ1n) is 7.43. The van der Waals surface area contributed by atoms with Crippen molar-refractivity contribution >= 4 is 23.6 Å². The zero-order chi connectivity index (χ0) is 17.1. The predicted molar refractivity (Wildman–Crippen MR) is 93.3 cm³/mol. The van der Waals surface area contributed by atoms with Crippen LogP contribution in [0.3, 0.4) is 0 Å². The van der Waals surface area contributed by atoms with E-state index < -0.39 is 11.6 Å². The third-order valence-corrected chi connectivity index (χ3v) is 4.58. The van der Waals surface area contributed by atoms with E-state index >= 15 is 0 Å². The largest absolute Gasteiger partial charge is 0.383 e. The number of halogens is 2. The van der Waals surface area contributed by atoms with Crippen LogP contribution in [0.15, 0.2) is 40.2 Å². The molecule has 7 heteroatoms. The number of methoxy groups -OCH3 is 1. The molecule has 0 radical (unpaired) electrons. The van der Waals surface area contributed by atoms with Crippen LogP contribution < -0.4 is 10.0 Å². The second-order valence-corrected chi connectivity index (χ2v) is 6.11. The highest BCUT2D eigenvalue weighted by molar-refractivity contribution is 7.98. The quantitative estimate of drug-likeness (QED) is 0.648. The van der Waals surface area contributed by atoms with Crippen LogP contribution >= 0.6 is 11.9 Å². The highest BCUT2D eigenvalue weighted by atomic mass is 32.2. The fraction of sp³-hybridized carbons (Fsp3) is 0.235. The summed E-state index contributed by atoms with van der Waals surface area (Å²) in [5.41, 5.74) is 2.56. The number of guanidine groups is 1. The van der Waals surface area contributed by atoms with E-state index in [0.29, 0.717) is 24.7 Å². The Morgan fingerprint density at radius 3 is 2.79 bits per heavy atom. The first kappa shape index (κ1) is 16.7. The lowest BCUT2D eigenvalue weighted by molar-refractivity contribution is 0.208. The van der Waals surface area contributed by atoms with Crippen molar-refractivity contribution in [1.29, 1.82) is 0 Å². The number of fused-ring (bicyclic) bond motifs is 1. The van der Waals surface area contributed by atoms with E-state index in [0.717, 1.165) is 22.2 Å². The molecule has 1 aliphatic heterocycles. The van der Waals surface area contributed by atoms with Crippen LogP contribution in [0.1, 0.15) is 5.56 Å². The lowest BCUT2D eigenvalue weighted by Crippen LogP contribution is -2.30. The van der Waals surface area contributed by atoms with Crippen molar-refractivity contribution in [3.63, 3.8) is 0 Å². The number of nitrogens with one attached hydrogen (secondary N) is 2. The maximum absolute atomic E-state index is 13.9. The molecule has 2 aromatic carbocycles. The first-order valence-corrected chi connectivity index (χ1v) is 8.24. The molecule has 1 aliphatic rings. The molecule has 0 amide bonds. The van der Waals surface area contributed by atoms with E-state index in [2.05, 4.69) is 15.0 Å². The Morgan fingerprint density at radius 2 is 2.00 bits per heavy atom. The molecule has 2 aromatic rings. The van der Waals surface area contributed by atoms with Gasteiger partial charge in [-0.15, -0.1) is 0 Å². The molecule has 0 bridgehead atoms. The summed E-state index contributed by atoms with van der Waals surface area (Å²) < 4.78 is 35.5. The monoisotopic (exact) mass is 349 g/mol. The number of para-hydroxylation sites is 1.